The second kappa shape index (κ2) is 18.3. The topological polar surface area (TPSA) is 27.5 Å². The number of hydrogen-bond donors (Lipinski definition) is 0. The van der Waals surface area contributed by atoms with Crippen LogP contribution in [0, 0.1) is 18.8 Å². The quantitative estimate of drug-likeness (QED) is 0.135. The van der Waals surface area contributed by atoms with Crippen molar-refractivity contribution in [2.24, 2.45) is 0 Å². The van der Waals surface area contributed by atoms with Gasteiger partial charge in [0.2, 0.25) is 0 Å². The molecule has 350 valence electrons. The molecular formula is C64H56N5Pt-3. The number of hydrogen-bond acceptors (Lipinski definition) is 4. The Kier molecular flexibility index (Phi) is 12.1. The Morgan fingerprint density at radius 2 is 1.04 bits per heavy atom. The van der Waals surface area contributed by atoms with Crippen molar-refractivity contribution in [3.8, 4) is 5.82 Å². The van der Waals surface area contributed by atoms with E-state index in [4.69, 9.17) is 4.98 Å². The molecule has 10 aromatic rings. The second-order valence-corrected chi connectivity index (χ2v) is 20.4. The number of anilines is 7. The Morgan fingerprint density at radius 3 is 1.69 bits per heavy atom. The van der Waals surface area contributed by atoms with Crippen molar-refractivity contribution in [2.45, 2.75) is 64.7 Å². The second-order valence-electron chi connectivity index (χ2n) is 20.4. The van der Waals surface area contributed by atoms with E-state index in [0.717, 1.165) is 73.0 Å². The van der Waals surface area contributed by atoms with E-state index in [2.05, 4.69) is 287 Å². The van der Waals surface area contributed by atoms with Gasteiger partial charge in [-0.25, -0.2) is 4.98 Å². The molecule has 2 aromatic heterocycles. The van der Waals surface area contributed by atoms with Crippen molar-refractivity contribution >= 4 is 61.6 Å². The van der Waals surface area contributed by atoms with Crippen LogP contribution in [0.2, 0.25) is 0 Å². The first-order valence-corrected chi connectivity index (χ1v) is 24.0. The third-order valence-corrected chi connectivity index (χ3v) is 13.9. The summed E-state index contributed by atoms with van der Waals surface area (Å²) < 4.78 is 2.28. The molecule has 70 heavy (non-hydrogen) atoms. The third-order valence-electron chi connectivity index (χ3n) is 13.9. The van der Waals surface area contributed by atoms with E-state index in [-0.39, 0.29) is 31.9 Å². The maximum atomic E-state index is 5.12. The predicted molar refractivity (Wildman–Crippen MR) is 288 cm³/mol. The molecule has 1 aliphatic rings. The zero-order valence-electron chi connectivity index (χ0n) is 40.8. The molecule has 0 unspecified atom stereocenters. The Morgan fingerprint density at radius 1 is 0.471 bits per heavy atom. The summed E-state index contributed by atoms with van der Waals surface area (Å²) in [5.41, 5.74) is 14.9. The van der Waals surface area contributed by atoms with Gasteiger partial charge in [0, 0.05) is 60.9 Å². The first kappa shape index (κ1) is 46.5. The van der Waals surface area contributed by atoms with Crippen molar-refractivity contribution in [1.82, 2.24) is 9.55 Å². The summed E-state index contributed by atoms with van der Waals surface area (Å²) in [5.74, 6) is 0.834. The van der Waals surface area contributed by atoms with E-state index in [1.165, 1.54) is 22.3 Å². The number of aromatic nitrogens is 2. The van der Waals surface area contributed by atoms with Gasteiger partial charge in [0.1, 0.15) is 5.82 Å². The maximum absolute atomic E-state index is 5.12. The monoisotopic (exact) mass is 1090 g/mol. The Hall–Kier alpha value is -7.20. The van der Waals surface area contributed by atoms with Gasteiger partial charge in [-0.2, -0.15) is 12.1 Å². The van der Waals surface area contributed by atoms with Crippen LogP contribution >= 0.6 is 0 Å². The molecule has 0 aliphatic carbocycles. The molecule has 0 radical (unpaired) electrons. The van der Waals surface area contributed by atoms with Crippen LogP contribution in [0.5, 0.6) is 0 Å². The van der Waals surface area contributed by atoms with Crippen molar-refractivity contribution in [3.05, 3.63) is 253 Å². The average molecular weight is 1090 g/mol. The van der Waals surface area contributed by atoms with Gasteiger partial charge in [-0.3, -0.25) is 0 Å². The van der Waals surface area contributed by atoms with Gasteiger partial charge in [0.05, 0.1) is 0 Å². The minimum Gasteiger partial charge on any atom is -0.493 e. The molecule has 0 bridgehead atoms. The minimum atomic E-state index is -0.436. The minimum absolute atomic E-state index is 0. The third kappa shape index (κ3) is 8.30. The summed E-state index contributed by atoms with van der Waals surface area (Å²) in [6, 6.07) is 79.6. The van der Waals surface area contributed by atoms with Gasteiger partial charge < -0.3 is 19.3 Å². The van der Waals surface area contributed by atoms with E-state index < -0.39 is 5.41 Å². The summed E-state index contributed by atoms with van der Waals surface area (Å²) in [4.78, 5) is 12.0. The molecule has 0 N–H and O–H groups in total. The molecule has 1 aliphatic heterocycles. The van der Waals surface area contributed by atoms with Crippen LogP contribution in [0.25, 0.3) is 27.6 Å². The first-order valence-electron chi connectivity index (χ1n) is 24.0. The zero-order chi connectivity index (χ0) is 47.5. The normalized spacial score (nSPS) is 12.8. The number of rotatable bonds is 9. The van der Waals surface area contributed by atoms with Gasteiger partial charge in [-0.05, 0) is 106 Å². The molecule has 5 nitrogen and oxygen atoms in total. The SMILES string of the molecule is CC(C)(C)c1cc(N2[CH-]N(c3[c-]c(N(c4[c-]c5c(cc4)c4ccccc4n5-c4cc(C(C)(c5ccccc5)c5ccccc5)ccn4)c4ccccc4)ccc3)c3ccccc32)cc(C(C)(C)C)c1.[Pt]. The van der Waals surface area contributed by atoms with Gasteiger partial charge in [0.15, 0.2) is 0 Å². The van der Waals surface area contributed by atoms with E-state index in [0.29, 0.717) is 0 Å². The molecule has 3 heterocycles. The van der Waals surface area contributed by atoms with E-state index in [1.54, 1.807) is 0 Å². The average Bonchev–Trinajstić information content (AvgIpc) is 3.93. The largest absolute Gasteiger partial charge is 0.493 e. The molecule has 11 rings (SSSR count). The Labute approximate surface area is 428 Å². The summed E-state index contributed by atoms with van der Waals surface area (Å²) in [7, 11) is 0. The number of pyridine rings is 1. The van der Waals surface area contributed by atoms with Gasteiger partial charge >= 0.3 is 0 Å². The fourth-order valence-electron chi connectivity index (χ4n) is 9.97. The van der Waals surface area contributed by atoms with Crippen LogP contribution in [0.15, 0.2) is 206 Å². The van der Waals surface area contributed by atoms with Crippen LogP contribution in [0.4, 0.5) is 39.8 Å². The predicted octanol–water partition coefficient (Wildman–Crippen LogP) is 16.6. The van der Waals surface area contributed by atoms with Gasteiger partial charge in [0.25, 0.3) is 0 Å². The Balaban J connectivity index is 0.00000567. The van der Waals surface area contributed by atoms with E-state index in [1.807, 2.05) is 6.20 Å². The summed E-state index contributed by atoms with van der Waals surface area (Å²) in [5, 5.41) is 2.25. The van der Waals surface area contributed by atoms with Crippen molar-refractivity contribution < 1.29 is 21.1 Å². The maximum Gasteiger partial charge on any atom is 0.135 e. The molecule has 8 aromatic carbocycles. The molecule has 6 heteroatoms. The van der Waals surface area contributed by atoms with Crippen LogP contribution < -0.4 is 14.7 Å². The van der Waals surface area contributed by atoms with Gasteiger partial charge in [-0.15, -0.1) is 48.1 Å². The molecule has 0 spiro atoms. The summed E-state index contributed by atoms with van der Waals surface area (Å²) in [6.07, 6.45) is 1.95. The van der Waals surface area contributed by atoms with E-state index >= 15 is 0 Å². The number of benzene rings is 8. The van der Waals surface area contributed by atoms with Crippen molar-refractivity contribution in [2.75, 3.05) is 14.7 Å². The summed E-state index contributed by atoms with van der Waals surface area (Å²) in [6.45, 7) is 18.3. The van der Waals surface area contributed by atoms with Crippen molar-refractivity contribution in [1.29, 1.82) is 0 Å². The zero-order valence-corrected chi connectivity index (χ0v) is 43.0. The molecule has 0 amide bonds. The summed E-state index contributed by atoms with van der Waals surface area (Å²) >= 11 is 0. The molecule has 0 fully saturated rings. The fourth-order valence-corrected chi connectivity index (χ4v) is 9.97. The Bertz CT molecular complexity index is 3400. The van der Waals surface area contributed by atoms with Crippen LogP contribution in [-0.2, 0) is 37.3 Å². The smallest absolute Gasteiger partial charge is 0.135 e. The van der Waals surface area contributed by atoms with Crippen molar-refractivity contribution in [3.63, 3.8) is 0 Å². The van der Waals surface area contributed by atoms with Gasteiger partial charge in [-0.1, -0.05) is 174 Å². The molecule has 0 saturated carbocycles. The van der Waals surface area contributed by atoms with Crippen LogP contribution in [-0.4, -0.2) is 9.55 Å². The number of fused-ring (bicyclic) bond motifs is 4. The molecule has 0 atom stereocenters. The first-order chi connectivity index (χ1) is 33.4. The standard InChI is InChI=1S/C64H56N5.Pt/c1-62(2,3)48-38-49(63(4,5)6)40-54(39-48)67-44-66(58-32-19-20-33-59(58)67)51-28-21-29-52(42-51)68(50-26-15-10-16-27-50)53-34-35-56-55-30-17-18-31-57(55)69(60(56)43-53)61-41-47(36-37-65-61)64(7,45-22-11-8-12-23-45)46-24-13-9-14-25-46;/h8-41,44H,1-7H3;/q-3;. The van der Waals surface area contributed by atoms with Crippen LogP contribution in [0.3, 0.4) is 0 Å². The van der Waals surface area contributed by atoms with E-state index in [9.17, 15) is 0 Å². The fraction of sp³-hybridized carbons (Fsp3) is 0.156. The molecule has 0 saturated heterocycles. The number of para-hydroxylation sites is 4. The van der Waals surface area contributed by atoms with Crippen LogP contribution in [0.1, 0.15) is 76.3 Å². The number of nitrogens with zero attached hydrogens (tertiary/aromatic N) is 5. The molecular weight excluding hydrogens is 1030 g/mol.